The molecule has 6 nitrogen and oxygen atoms in total. The number of carbonyl (C=O) groups is 1. The SMILES string of the molecule is CCOC(=O)C1=C(C)N=c2sc(=Cc3cc(C)n(-c4ccc(F)cc4)c3C)c(=O)n2[C@H]1c1ccccc1. The summed E-state index contributed by atoms with van der Waals surface area (Å²) < 4.78 is 22.9. The molecule has 1 aliphatic heterocycles. The molecule has 188 valence electrons. The zero-order chi connectivity index (χ0) is 26.3. The Bertz CT molecular complexity index is 1710. The number of thiazole rings is 1. The van der Waals surface area contributed by atoms with Gasteiger partial charge >= 0.3 is 5.97 Å². The lowest BCUT2D eigenvalue weighted by atomic mass is 9.96. The molecule has 3 heterocycles. The van der Waals surface area contributed by atoms with Crippen molar-refractivity contribution in [2.75, 3.05) is 6.61 Å². The monoisotopic (exact) mass is 515 g/mol. The Kier molecular flexibility index (Phi) is 6.52. The summed E-state index contributed by atoms with van der Waals surface area (Å²) >= 11 is 1.29. The Morgan fingerprint density at radius 1 is 1.11 bits per heavy atom. The van der Waals surface area contributed by atoms with Gasteiger partial charge in [0.1, 0.15) is 5.82 Å². The third-order valence-electron chi connectivity index (χ3n) is 6.47. The molecular formula is C29H26FN3O3S. The van der Waals surface area contributed by atoms with E-state index in [1.165, 1.54) is 23.5 Å². The topological polar surface area (TPSA) is 65.6 Å². The molecule has 8 heteroatoms. The number of hydrogen-bond donors (Lipinski definition) is 0. The third-order valence-corrected chi connectivity index (χ3v) is 7.46. The van der Waals surface area contributed by atoms with Gasteiger partial charge in [0.05, 0.1) is 28.5 Å². The quantitative estimate of drug-likeness (QED) is 0.372. The number of aryl methyl sites for hydroxylation is 1. The highest BCUT2D eigenvalue weighted by Crippen LogP contribution is 2.30. The summed E-state index contributed by atoms with van der Waals surface area (Å²) in [6.45, 7) is 7.69. The van der Waals surface area contributed by atoms with E-state index in [0.29, 0.717) is 20.6 Å². The fourth-order valence-electron chi connectivity index (χ4n) is 4.80. The van der Waals surface area contributed by atoms with Crippen molar-refractivity contribution in [3.05, 3.63) is 120 Å². The second-order valence-electron chi connectivity index (χ2n) is 8.85. The van der Waals surface area contributed by atoms with Crippen molar-refractivity contribution < 1.29 is 13.9 Å². The van der Waals surface area contributed by atoms with Crippen LogP contribution >= 0.6 is 11.3 Å². The lowest BCUT2D eigenvalue weighted by Crippen LogP contribution is -2.39. The first-order valence-corrected chi connectivity index (χ1v) is 12.8. The molecule has 0 radical (unpaired) electrons. The number of nitrogens with zero attached hydrogens (tertiary/aromatic N) is 3. The van der Waals surface area contributed by atoms with E-state index in [9.17, 15) is 14.0 Å². The summed E-state index contributed by atoms with van der Waals surface area (Å²) in [5.41, 5.74) is 5.10. The van der Waals surface area contributed by atoms with E-state index in [1.807, 2.05) is 60.9 Å². The van der Waals surface area contributed by atoms with E-state index in [-0.39, 0.29) is 18.0 Å². The Morgan fingerprint density at radius 2 is 1.81 bits per heavy atom. The number of halogens is 1. The van der Waals surface area contributed by atoms with Crippen LogP contribution in [0.1, 0.15) is 42.4 Å². The zero-order valence-corrected chi connectivity index (χ0v) is 21.8. The van der Waals surface area contributed by atoms with Crippen LogP contribution in [0.25, 0.3) is 11.8 Å². The summed E-state index contributed by atoms with van der Waals surface area (Å²) in [5, 5.41) is 0. The molecule has 0 aliphatic carbocycles. The minimum Gasteiger partial charge on any atom is -0.463 e. The van der Waals surface area contributed by atoms with Gasteiger partial charge in [-0.2, -0.15) is 0 Å². The molecule has 0 saturated heterocycles. The fraction of sp³-hybridized carbons (Fsp3) is 0.207. The van der Waals surface area contributed by atoms with E-state index < -0.39 is 12.0 Å². The smallest absolute Gasteiger partial charge is 0.338 e. The predicted octanol–water partition coefficient (Wildman–Crippen LogP) is 4.34. The van der Waals surface area contributed by atoms with Gasteiger partial charge in [0, 0.05) is 17.1 Å². The summed E-state index contributed by atoms with van der Waals surface area (Å²) in [4.78, 5) is 31.9. The first-order valence-electron chi connectivity index (χ1n) is 12.0. The van der Waals surface area contributed by atoms with E-state index in [0.717, 1.165) is 28.2 Å². The van der Waals surface area contributed by atoms with Crippen LogP contribution < -0.4 is 14.9 Å². The molecule has 4 aromatic rings. The highest BCUT2D eigenvalue weighted by molar-refractivity contribution is 7.07. The molecule has 0 fully saturated rings. The van der Waals surface area contributed by atoms with E-state index in [2.05, 4.69) is 4.99 Å². The molecule has 1 aliphatic rings. The lowest BCUT2D eigenvalue weighted by Gasteiger charge is -2.24. The van der Waals surface area contributed by atoms with E-state index in [4.69, 9.17) is 4.74 Å². The molecule has 2 aromatic carbocycles. The number of ether oxygens (including phenoxy) is 1. The van der Waals surface area contributed by atoms with E-state index in [1.54, 1.807) is 30.5 Å². The fourth-order valence-corrected chi connectivity index (χ4v) is 5.84. The molecular weight excluding hydrogens is 489 g/mol. The molecule has 1 atom stereocenters. The van der Waals surface area contributed by atoms with Crippen molar-refractivity contribution >= 4 is 23.4 Å². The minimum atomic E-state index is -0.634. The molecule has 0 spiro atoms. The van der Waals surface area contributed by atoms with Crippen molar-refractivity contribution in [3.8, 4) is 5.69 Å². The maximum absolute atomic E-state index is 13.8. The molecule has 0 bridgehead atoms. The molecule has 37 heavy (non-hydrogen) atoms. The van der Waals surface area contributed by atoms with Crippen LogP contribution in [0.5, 0.6) is 0 Å². The van der Waals surface area contributed by atoms with Crippen LogP contribution in [0.3, 0.4) is 0 Å². The molecule has 0 saturated carbocycles. The van der Waals surface area contributed by atoms with Gasteiger partial charge in [-0.3, -0.25) is 9.36 Å². The van der Waals surface area contributed by atoms with Crippen LogP contribution in [0, 0.1) is 19.7 Å². The zero-order valence-electron chi connectivity index (χ0n) is 21.0. The summed E-state index contributed by atoms with van der Waals surface area (Å²) in [6.07, 6.45) is 1.86. The van der Waals surface area contributed by atoms with Crippen LogP contribution in [0.2, 0.25) is 0 Å². The Morgan fingerprint density at radius 3 is 2.49 bits per heavy atom. The predicted molar refractivity (Wildman–Crippen MR) is 142 cm³/mol. The largest absolute Gasteiger partial charge is 0.463 e. The van der Waals surface area contributed by atoms with Gasteiger partial charge in [0.25, 0.3) is 5.56 Å². The van der Waals surface area contributed by atoms with Crippen molar-refractivity contribution in [2.24, 2.45) is 4.99 Å². The average Bonchev–Trinajstić information content (AvgIpc) is 3.33. The number of allylic oxidation sites excluding steroid dienone is 1. The number of rotatable bonds is 5. The first-order chi connectivity index (χ1) is 17.8. The van der Waals surface area contributed by atoms with Crippen molar-refractivity contribution in [1.29, 1.82) is 0 Å². The van der Waals surface area contributed by atoms with Gasteiger partial charge in [-0.1, -0.05) is 41.7 Å². The number of esters is 1. The van der Waals surface area contributed by atoms with Crippen molar-refractivity contribution in [2.45, 2.75) is 33.7 Å². The van der Waals surface area contributed by atoms with Gasteiger partial charge in [0.15, 0.2) is 4.80 Å². The third kappa shape index (κ3) is 4.38. The highest BCUT2D eigenvalue weighted by atomic mass is 32.1. The first kappa shape index (κ1) is 24.6. The number of fused-ring (bicyclic) bond motifs is 1. The van der Waals surface area contributed by atoms with Crippen LogP contribution in [0.15, 0.2) is 81.7 Å². The Balaban J connectivity index is 1.68. The summed E-state index contributed by atoms with van der Waals surface area (Å²) in [6, 6.07) is 17.1. The number of hydrogen-bond acceptors (Lipinski definition) is 5. The maximum atomic E-state index is 13.8. The standard InChI is InChI=1S/C29H26FN3O3S/c1-5-36-28(35)25-18(3)31-29-33(26(25)20-9-7-6-8-10-20)27(34)24(37-29)16-21-15-17(2)32(19(21)4)23-13-11-22(30)12-14-23/h6-16,26H,5H2,1-4H3/t26-/m0/s1. The molecule has 0 unspecified atom stereocenters. The Hall–Kier alpha value is -4.04. The van der Waals surface area contributed by atoms with Crippen LogP contribution in [-0.4, -0.2) is 21.7 Å². The lowest BCUT2D eigenvalue weighted by molar-refractivity contribution is -0.139. The maximum Gasteiger partial charge on any atom is 0.338 e. The molecule has 5 rings (SSSR count). The van der Waals surface area contributed by atoms with E-state index >= 15 is 0 Å². The molecule has 2 aromatic heterocycles. The van der Waals surface area contributed by atoms with Gasteiger partial charge < -0.3 is 9.30 Å². The summed E-state index contributed by atoms with van der Waals surface area (Å²) in [7, 11) is 0. The van der Waals surface area contributed by atoms with Crippen LogP contribution in [0.4, 0.5) is 4.39 Å². The number of carbonyl (C=O) groups excluding carboxylic acids is 1. The Labute approximate surface area is 217 Å². The van der Waals surface area contributed by atoms with Gasteiger partial charge in [0.2, 0.25) is 0 Å². The molecule has 0 N–H and O–H groups in total. The number of aromatic nitrogens is 2. The normalized spacial score (nSPS) is 15.5. The number of benzene rings is 2. The van der Waals surface area contributed by atoms with Gasteiger partial charge in [-0.15, -0.1) is 0 Å². The average molecular weight is 516 g/mol. The minimum absolute atomic E-state index is 0.224. The van der Waals surface area contributed by atoms with Gasteiger partial charge in [-0.05, 0) is 75.2 Å². The van der Waals surface area contributed by atoms with Crippen molar-refractivity contribution in [1.82, 2.24) is 9.13 Å². The summed E-state index contributed by atoms with van der Waals surface area (Å²) in [5.74, 6) is -0.771. The highest BCUT2D eigenvalue weighted by Gasteiger charge is 2.33. The van der Waals surface area contributed by atoms with Gasteiger partial charge in [-0.25, -0.2) is 14.2 Å². The van der Waals surface area contributed by atoms with Crippen molar-refractivity contribution in [3.63, 3.8) is 0 Å². The second-order valence-corrected chi connectivity index (χ2v) is 9.86. The molecule has 0 amide bonds. The van der Waals surface area contributed by atoms with Crippen LogP contribution in [-0.2, 0) is 9.53 Å². The second kappa shape index (κ2) is 9.78.